The molecule has 13 heavy (non-hydrogen) atoms. The van der Waals surface area contributed by atoms with Crippen LogP contribution in [0.1, 0.15) is 27.3 Å². The van der Waals surface area contributed by atoms with Gasteiger partial charge in [0.15, 0.2) is 16.5 Å². The van der Waals surface area contributed by atoms with Gasteiger partial charge >= 0.3 is 6.18 Å². The first-order chi connectivity index (χ1) is 5.82. The summed E-state index contributed by atoms with van der Waals surface area (Å²) in [5.41, 5.74) is -0.956. The van der Waals surface area contributed by atoms with Crippen molar-refractivity contribution in [2.45, 2.75) is 20.0 Å². The molecule has 0 aliphatic rings. The number of carbonyl (C=O) groups is 1. The molecule has 1 heterocycles. The van der Waals surface area contributed by atoms with Crippen molar-refractivity contribution in [3.05, 3.63) is 15.6 Å². The highest BCUT2D eigenvalue weighted by Gasteiger charge is 2.36. The Labute approximate surface area is 76.4 Å². The zero-order valence-electron chi connectivity index (χ0n) is 6.90. The first-order valence-electron chi connectivity index (χ1n) is 3.38. The van der Waals surface area contributed by atoms with E-state index < -0.39 is 17.7 Å². The van der Waals surface area contributed by atoms with Crippen LogP contribution in [0.25, 0.3) is 0 Å². The molecule has 0 saturated heterocycles. The highest BCUT2D eigenvalue weighted by Crippen LogP contribution is 2.33. The van der Waals surface area contributed by atoms with Crippen molar-refractivity contribution in [1.29, 1.82) is 0 Å². The third-order valence-corrected chi connectivity index (χ3v) is 2.44. The Morgan fingerprint density at radius 2 is 2.00 bits per heavy atom. The van der Waals surface area contributed by atoms with E-state index >= 15 is 0 Å². The summed E-state index contributed by atoms with van der Waals surface area (Å²) >= 11 is 0.769. The molecule has 0 fully saturated rings. The zero-order chi connectivity index (χ0) is 10.2. The number of ketones is 1. The topological polar surface area (TPSA) is 30.0 Å². The van der Waals surface area contributed by atoms with Crippen molar-refractivity contribution >= 4 is 17.1 Å². The van der Waals surface area contributed by atoms with E-state index in [2.05, 4.69) is 4.98 Å². The van der Waals surface area contributed by atoms with Gasteiger partial charge in [0.2, 0.25) is 0 Å². The molecule has 0 atom stereocenters. The molecular formula is C7H6F3NOS. The number of thiazole rings is 1. The molecule has 0 saturated carbocycles. The number of carbonyl (C=O) groups excluding carboxylic acids is 1. The quantitative estimate of drug-likeness (QED) is 0.665. The first-order valence-corrected chi connectivity index (χ1v) is 4.19. The Kier molecular flexibility index (Phi) is 2.42. The van der Waals surface area contributed by atoms with Crippen LogP contribution in [-0.2, 0) is 6.18 Å². The third kappa shape index (κ3) is 2.06. The van der Waals surface area contributed by atoms with Gasteiger partial charge in [-0.1, -0.05) is 0 Å². The minimum absolute atomic E-state index is 0.0256. The Bertz CT molecular complexity index is 342. The predicted octanol–water partition coefficient (Wildman–Crippen LogP) is 2.67. The van der Waals surface area contributed by atoms with Crippen LogP contribution in [-0.4, -0.2) is 10.8 Å². The molecule has 1 aromatic heterocycles. The van der Waals surface area contributed by atoms with E-state index in [1.54, 1.807) is 0 Å². The first kappa shape index (κ1) is 10.2. The summed E-state index contributed by atoms with van der Waals surface area (Å²) in [4.78, 5) is 14.0. The molecule has 0 radical (unpaired) electrons. The summed E-state index contributed by atoms with van der Waals surface area (Å²) in [6.07, 6.45) is -4.46. The Morgan fingerprint density at radius 1 is 1.46 bits per heavy atom. The largest absolute Gasteiger partial charge is 0.434 e. The van der Waals surface area contributed by atoms with E-state index in [4.69, 9.17) is 0 Å². The number of aromatic nitrogens is 1. The average Bonchev–Trinajstić information content (AvgIpc) is 2.29. The number of alkyl halides is 3. The highest BCUT2D eigenvalue weighted by atomic mass is 32.1. The normalized spacial score (nSPS) is 11.8. The van der Waals surface area contributed by atoms with Crippen LogP contribution in [0.2, 0.25) is 0 Å². The number of nitrogens with zero attached hydrogens (tertiary/aromatic N) is 1. The monoisotopic (exact) mass is 209 g/mol. The summed E-state index contributed by atoms with van der Waals surface area (Å²) in [6, 6.07) is 0. The fourth-order valence-corrected chi connectivity index (χ4v) is 1.64. The van der Waals surface area contributed by atoms with Crippen molar-refractivity contribution in [1.82, 2.24) is 4.98 Å². The van der Waals surface area contributed by atoms with E-state index in [1.807, 2.05) is 0 Å². The van der Waals surface area contributed by atoms with Crippen LogP contribution < -0.4 is 0 Å². The van der Waals surface area contributed by atoms with Crippen LogP contribution in [0.15, 0.2) is 0 Å². The molecule has 0 amide bonds. The van der Waals surface area contributed by atoms with E-state index in [-0.39, 0.29) is 9.88 Å². The lowest BCUT2D eigenvalue weighted by molar-refractivity contribution is -0.141. The summed E-state index contributed by atoms with van der Waals surface area (Å²) < 4.78 is 36.5. The van der Waals surface area contributed by atoms with Gasteiger partial charge < -0.3 is 0 Å². The predicted molar refractivity (Wildman–Crippen MR) is 41.9 cm³/mol. The lowest BCUT2D eigenvalue weighted by atomic mass is 10.4. The van der Waals surface area contributed by atoms with Gasteiger partial charge in [0.25, 0.3) is 0 Å². The second-order valence-corrected chi connectivity index (χ2v) is 3.68. The standard InChI is InChI=1S/C7H6F3NOS/c1-3(12)6-11-5(4(2)13-6)7(8,9)10/h1-2H3. The van der Waals surface area contributed by atoms with Crippen molar-refractivity contribution in [3.8, 4) is 0 Å². The maximum Gasteiger partial charge on any atom is 0.434 e. The number of hydrogen-bond donors (Lipinski definition) is 0. The van der Waals surface area contributed by atoms with Crippen LogP contribution >= 0.6 is 11.3 Å². The van der Waals surface area contributed by atoms with Gasteiger partial charge in [0.1, 0.15) is 0 Å². The lowest BCUT2D eigenvalue weighted by Gasteiger charge is -2.01. The summed E-state index contributed by atoms with van der Waals surface area (Å²) in [5, 5.41) is -0.0928. The maximum absolute atomic E-state index is 12.2. The second kappa shape index (κ2) is 3.10. The highest BCUT2D eigenvalue weighted by molar-refractivity contribution is 7.13. The van der Waals surface area contributed by atoms with Gasteiger partial charge in [0.05, 0.1) is 0 Å². The summed E-state index contributed by atoms with van der Waals surface area (Å²) in [7, 11) is 0. The molecule has 0 unspecified atom stereocenters. The molecule has 0 aromatic carbocycles. The number of rotatable bonds is 1. The minimum Gasteiger partial charge on any atom is -0.292 e. The SMILES string of the molecule is CC(=O)c1nc(C(F)(F)F)c(C)s1. The molecule has 0 bridgehead atoms. The molecule has 0 spiro atoms. The minimum atomic E-state index is -4.46. The van der Waals surface area contributed by atoms with E-state index in [0.717, 1.165) is 11.3 Å². The van der Waals surface area contributed by atoms with Gasteiger partial charge in [-0.25, -0.2) is 4.98 Å². The molecule has 1 aromatic rings. The molecule has 72 valence electrons. The number of Topliss-reactive ketones (excluding diaryl/α,β-unsaturated/α-hetero) is 1. The Balaban J connectivity index is 3.18. The average molecular weight is 209 g/mol. The van der Waals surface area contributed by atoms with Crippen molar-refractivity contribution < 1.29 is 18.0 Å². The van der Waals surface area contributed by atoms with Gasteiger partial charge in [-0.3, -0.25) is 4.79 Å². The molecule has 6 heteroatoms. The van der Waals surface area contributed by atoms with Crippen molar-refractivity contribution in [3.63, 3.8) is 0 Å². The van der Waals surface area contributed by atoms with Crippen LogP contribution in [0.4, 0.5) is 13.2 Å². The van der Waals surface area contributed by atoms with Crippen LogP contribution in [0, 0.1) is 6.92 Å². The molecule has 0 aliphatic heterocycles. The molecule has 1 rings (SSSR count). The van der Waals surface area contributed by atoms with Gasteiger partial charge in [-0.2, -0.15) is 13.2 Å². The molecule has 2 nitrogen and oxygen atoms in total. The molecule has 0 aliphatic carbocycles. The van der Waals surface area contributed by atoms with E-state index in [1.165, 1.54) is 13.8 Å². The maximum atomic E-state index is 12.2. The summed E-state index contributed by atoms with van der Waals surface area (Å²) in [5.74, 6) is -0.441. The van der Waals surface area contributed by atoms with E-state index in [0.29, 0.717) is 0 Å². The van der Waals surface area contributed by atoms with Crippen LogP contribution in [0.5, 0.6) is 0 Å². The number of hydrogen-bond acceptors (Lipinski definition) is 3. The lowest BCUT2D eigenvalue weighted by Crippen LogP contribution is -2.07. The smallest absolute Gasteiger partial charge is 0.292 e. The Hall–Kier alpha value is -0.910. The Morgan fingerprint density at radius 3 is 2.23 bits per heavy atom. The van der Waals surface area contributed by atoms with Gasteiger partial charge in [-0.05, 0) is 6.92 Å². The van der Waals surface area contributed by atoms with Crippen LogP contribution in [0.3, 0.4) is 0 Å². The molecule has 0 N–H and O–H groups in total. The third-order valence-electron chi connectivity index (χ3n) is 1.37. The molecular weight excluding hydrogens is 203 g/mol. The summed E-state index contributed by atoms with van der Waals surface area (Å²) in [6.45, 7) is 2.49. The van der Waals surface area contributed by atoms with E-state index in [9.17, 15) is 18.0 Å². The number of aryl methyl sites for hydroxylation is 1. The zero-order valence-corrected chi connectivity index (χ0v) is 7.71. The van der Waals surface area contributed by atoms with Crippen molar-refractivity contribution in [2.24, 2.45) is 0 Å². The second-order valence-electron chi connectivity index (χ2n) is 2.48. The fourth-order valence-electron chi connectivity index (χ4n) is 0.810. The van der Waals surface area contributed by atoms with Gasteiger partial charge in [-0.15, -0.1) is 11.3 Å². The number of halogens is 3. The fraction of sp³-hybridized carbons (Fsp3) is 0.429. The van der Waals surface area contributed by atoms with Crippen molar-refractivity contribution in [2.75, 3.05) is 0 Å². The van der Waals surface area contributed by atoms with Gasteiger partial charge in [0, 0.05) is 11.8 Å².